The number of rotatable bonds is 5. The Labute approximate surface area is 128 Å². The molecule has 1 N–H and O–H groups in total. The first-order chi connectivity index (χ1) is 10.6. The van der Waals surface area contributed by atoms with Crippen LogP contribution in [-0.2, 0) is 16.1 Å². The first kappa shape index (κ1) is 14.8. The van der Waals surface area contributed by atoms with Gasteiger partial charge in [0.15, 0.2) is 0 Å². The Morgan fingerprint density at radius 1 is 1.41 bits per heavy atom. The SMILES string of the molecule is Cc1oc(-c2cccc(COC3CCOC3)c2)cc1C(=O)O. The van der Waals surface area contributed by atoms with Gasteiger partial charge in [-0.1, -0.05) is 18.2 Å². The van der Waals surface area contributed by atoms with Gasteiger partial charge in [-0.05, 0) is 31.0 Å². The van der Waals surface area contributed by atoms with Gasteiger partial charge >= 0.3 is 5.97 Å². The molecule has 1 aromatic heterocycles. The van der Waals surface area contributed by atoms with Crippen LogP contribution in [0.25, 0.3) is 11.3 Å². The van der Waals surface area contributed by atoms with E-state index in [1.54, 1.807) is 13.0 Å². The van der Waals surface area contributed by atoms with Crippen molar-refractivity contribution in [2.75, 3.05) is 13.2 Å². The lowest BCUT2D eigenvalue weighted by Gasteiger charge is -2.10. The minimum absolute atomic E-state index is 0.160. The zero-order chi connectivity index (χ0) is 15.5. The summed E-state index contributed by atoms with van der Waals surface area (Å²) in [5.41, 5.74) is 2.06. The molecule has 3 rings (SSSR count). The van der Waals surface area contributed by atoms with Crippen LogP contribution in [0.15, 0.2) is 34.7 Å². The van der Waals surface area contributed by atoms with Crippen molar-refractivity contribution in [2.45, 2.75) is 26.1 Å². The van der Waals surface area contributed by atoms with Gasteiger partial charge in [-0.2, -0.15) is 0 Å². The third kappa shape index (κ3) is 3.21. The Balaban J connectivity index is 1.75. The number of carbonyl (C=O) groups is 1. The maximum atomic E-state index is 11.1. The van der Waals surface area contributed by atoms with Crippen LogP contribution in [0.3, 0.4) is 0 Å². The lowest BCUT2D eigenvalue weighted by molar-refractivity contribution is 0.0318. The molecule has 0 amide bonds. The molecule has 2 heterocycles. The summed E-state index contributed by atoms with van der Waals surface area (Å²) in [5.74, 6) is -0.0126. The molecular formula is C17H18O5. The molecule has 1 atom stereocenters. The van der Waals surface area contributed by atoms with Crippen molar-refractivity contribution in [1.82, 2.24) is 0 Å². The summed E-state index contributed by atoms with van der Waals surface area (Å²) in [5, 5.41) is 9.09. The third-order valence-electron chi connectivity index (χ3n) is 3.73. The second kappa shape index (κ2) is 6.34. The van der Waals surface area contributed by atoms with Crippen LogP contribution < -0.4 is 0 Å². The Morgan fingerprint density at radius 3 is 2.95 bits per heavy atom. The van der Waals surface area contributed by atoms with E-state index < -0.39 is 5.97 Å². The second-order valence-corrected chi connectivity index (χ2v) is 5.38. The van der Waals surface area contributed by atoms with Gasteiger partial charge in [0, 0.05) is 12.2 Å². The minimum atomic E-state index is -0.978. The number of carboxylic acids is 1. The van der Waals surface area contributed by atoms with E-state index in [9.17, 15) is 4.79 Å². The highest BCUT2D eigenvalue weighted by Crippen LogP contribution is 2.26. The minimum Gasteiger partial charge on any atom is -0.478 e. The largest absolute Gasteiger partial charge is 0.478 e. The number of hydrogen-bond donors (Lipinski definition) is 1. The fourth-order valence-corrected chi connectivity index (χ4v) is 2.51. The van der Waals surface area contributed by atoms with Crippen LogP contribution >= 0.6 is 0 Å². The molecule has 1 aliphatic heterocycles. The summed E-state index contributed by atoms with van der Waals surface area (Å²) in [4.78, 5) is 11.1. The van der Waals surface area contributed by atoms with Crippen LogP contribution in [0.1, 0.15) is 28.1 Å². The molecule has 1 fully saturated rings. The van der Waals surface area contributed by atoms with E-state index in [1.807, 2.05) is 24.3 Å². The molecule has 0 bridgehead atoms. The average molecular weight is 302 g/mol. The molecule has 22 heavy (non-hydrogen) atoms. The number of hydrogen-bond acceptors (Lipinski definition) is 4. The summed E-state index contributed by atoms with van der Waals surface area (Å²) in [6.45, 7) is 3.57. The van der Waals surface area contributed by atoms with Crippen molar-refractivity contribution in [1.29, 1.82) is 0 Å². The molecule has 0 radical (unpaired) electrons. The second-order valence-electron chi connectivity index (χ2n) is 5.38. The molecule has 1 unspecified atom stereocenters. The molecule has 0 spiro atoms. The molecule has 116 valence electrons. The molecule has 5 heteroatoms. The van der Waals surface area contributed by atoms with E-state index in [-0.39, 0.29) is 11.7 Å². The zero-order valence-electron chi connectivity index (χ0n) is 12.4. The van der Waals surface area contributed by atoms with Gasteiger partial charge in [0.25, 0.3) is 0 Å². The molecule has 1 aromatic carbocycles. The van der Waals surface area contributed by atoms with Crippen molar-refractivity contribution in [3.05, 3.63) is 47.2 Å². The van der Waals surface area contributed by atoms with Crippen molar-refractivity contribution in [3.8, 4) is 11.3 Å². The monoisotopic (exact) mass is 302 g/mol. The van der Waals surface area contributed by atoms with E-state index in [4.69, 9.17) is 19.0 Å². The van der Waals surface area contributed by atoms with Gasteiger partial charge in [-0.15, -0.1) is 0 Å². The third-order valence-corrected chi connectivity index (χ3v) is 3.73. The van der Waals surface area contributed by atoms with E-state index in [2.05, 4.69) is 0 Å². The lowest BCUT2D eigenvalue weighted by atomic mass is 10.1. The number of benzene rings is 1. The summed E-state index contributed by atoms with van der Waals surface area (Å²) in [6.07, 6.45) is 1.09. The van der Waals surface area contributed by atoms with Gasteiger partial charge in [0.2, 0.25) is 0 Å². The topological polar surface area (TPSA) is 68.9 Å². The van der Waals surface area contributed by atoms with Crippen LogP contribution in [0, 0.1) is 6.92 Å². The number of carboxylic acid groups (broad SMARTS) is 1. The van der Waals surface area contributed by atoms with Gasteiger partial charge < -0.3 is 19.0 Å². The summed E-state index contributed by atoms with van der Waals surface area (Å²) in [7, 11) is 0. The van der Waals surface area contributed by atoms with Crippen molar-refractivity contribution < 1.29 is 23.8 Å². The standard InChI is InChI=1S/C17H18O5/c1-11-15(17(18)19)8-16(22-11)13-4-2-3-12(7-13)9-21-14-5-6-20-10-14/h2-4,7-8,14H,5-6,9-10H2,1H3,(H,18,19). The smallest absolute Gasteiger partial charge is 0.339 e. The van der Waals surface area contributed by atoms with Crippen LogP contribution in [0.2, 0.25) is 0 Å². The predicted molar refractivity (Wildman–Crippen MR) is 79.9 cm³/mol. The lowest BCUT2D eigenvalue weighted by Crippen LogP contribution is -2.11. The number of aromatic carboxylic acids is 1. The van der Waals surface area contributed by atoms with E-state index >= 15 is 0 Å². The summed E-state index contributed by atoms with van der Waals surface area (Å²) in [6, 6.07) is 9.30. The van der Waals surface area contributed by atoms with Crippen molar-refractivity contribution in [3.63, 3.8) is 0 Å². The number of ether oxygens (including phenoxy) is 2. The Kier molecular flexibility index (Phi) is 4.27. The van der Waals surface area contributed by atoms with Crippen LogP contribution in [0.4, 0.5) is 0 Å². The van der Waals surface area contributed by atoms with Gasteiger partial charge in [0.1, 0.15) is 17.1 Å². The fraction of sp³-hybridized carbons (Fsp3) is 0.353. The molecular weight excluding hydrogens is 284 g/mol. The predicted octanol–water partition coefficient (Wildman–Crippen LogP) is 3.26. The summed E-state index contributed by atoms with van der Waals surface area (Å²) >= 11 is 0. The fourth-order valence-electron chi connectivity index (χ4n) is 2.51. The summed E-state index contributed by atoms with van der Waals surface area (Å²) < 4.78 is 16.6. The maximum Gasteiger partial charge on any atom is 0.339 e. The first-order valence-corrected chi connectivity index (χ1v) is 7.26. The quantitative estimate of drug-likeness (QED) is 0.918. The van der Waals surface area contributed by atoms with Crippen LogP contribution in [-0.4, -0.2) is 30.4 Å². The van der Waals surface area contributed by atoms with Crippen molar-refractivity contribution >= 4 is 5.97 Å². The van der Waals surface area contributed by atoms with Gasteiger partial charge in [0.05, 0.1) is 19.3 Å². The highest BCUT2D eigenvalue weighted by molar-refractivity contribution is 5.90. The molecule has 1 aliphatic rings. The first-order valence-electron chi connectivity index (χ1n) is 7.26. The van der Waals surface area contributed by atoms with E-state index in [0.717, 1.165) is 24.2 Å². The highest BCUT2D eigenvalue weighted by atomic mass is 16.5. The van der Waals surface area contributed by atoms with Crippen molar-refractivity contribution in [2.24, 2.45) is 0 Å². The van der Waals surface area contributed by atoms with Gasteiger partial charge in [-0.25, -0.2) is 4.79 Å². The molecule has 1 saturated heterocycles. The molecule has 2 aromatic rings. The molecule has 0 saturated carbocycles. The van der Waals surface area contributed by atoms with Gasteiger partial charge in [-0.3, -0.25) is 0 Å². The Morgan fingerprint density at radius 2 is 2.27 bits per heavy atom. The zero-order valence-corrected chi connectivity index (χ0v) is 12.4. The average Bonchev–Trinajstić information content (AvgIpc) is 3.14. The number of furan rings is 1. The molecule has 0 aliphatic carbocycles. The maximum absolute atomic E-state index is 11.1. The Hall–Kier alpha value is -2.11. The highest BCUT2D eigenvalue weighted by Gasteiger charge is 2.17. The van der Waals surface area contributed by atoms with E-state index in [0.29, 0.717) is 24.7 Å². The van der Waals surface area contributed by atoms with Crippen LogP contribution in [0.5, 0.6) is 0 Å². The number of aryl methyl sites for hydroxylation is 1. The molecule has 5 nitrogen and oxygen atoms in total. The normalized spacial score (nSPS) is 17.8. The van der Waals surface area contributed by atoms with E-state index in [1.165, 1.54) is 0 Å². The Bertz CT molecular complexity index is 667.